The molecule has 30 heavy (non-hydrogen) atoms. The van der Waals surface area contributed by atoms with Gasteiger partial charge < -0.3 is 15.0 Å². The molecule has 2 amide bonds. The molecule has 0 radical (unpaired) electrons. The Morgan fingerprint density at radius 1 is 1.10 bits per heavy atom. The quantitative estimate of drug-likeness (QED) is 0.708. The summed E-state index contributed by atoms with van der Waals surface area (Å²) in [5.41, 5.74) is 5.09. The van der Waals surface area contributed by atoms with Gasteiger partial charge in [0.2, 0.25) is 0 Å². The molecule has 0 spiro atoms. The van der Waals surface area contributed by atoms with Gasteiger partial charge in [0.25, 0.3) is 11.8 Å². The molecular weight excluding hydrogens is 378 g/mol. The van der Waals surface area contributed by atoms with Crippen LogP contribution >= 0.6 is 0 Å². The van der Waals surface area contributed by atoms with E-state index in [4.69, 9.17) is 4.74 Å². The maximum absolute atomic E-state index is 12.7. The van der Waals surface area contributed by atoms with E-state index in [1.165, 1.54) is 0 Å². The van der Waals surface area contributed by atoms with E-state index in [0.717, 1.165) is 22.3 Å². The molecule has 0 aliphatic carbocycles. The first-order valence-electron chi connectivity index (χ1n) is 9.89. The lowest BCUT2D eigenvalue weighted by atomic mass is 9.97. The average molecular weight is 401 g/mol. The van der Waals surface area contributed by atoms with Crippen LogP contribution in [0.4, 0.5) is 0 Å². The van der Waals surface area contributed by atoms with Crippen LogP contribution in [0.3, 0.4) is 0 Å². The van der Waals surface area contributed by atoms with Crippen molar-refractivity contribution in [1.29, 1.82) is 0 Å². The predicted molar refractivity (Wildman–Crippen MR) is 114 cm³/mol. The molecule has 3 aromatic rings. The van der Waals surface area contributed by atoms with Crippen LogP contribution in [0.15, 0.2) is 60.9 Å². The summed E-state index contributed by atoms with van der Waals surface area (Å²) in [5, 5.41) is 2.92. The van der Waals surface area contributed by atoms with Crippen LogP contribution in [0.25, 0.3) is 11.1 Å². The summed E-state index contributed by atoms with van der Waals surface area (Å²) in [7, 11) is 1.77. The summed E-state index contributed by atoms with van der Waals surface area (Å²) in [6.45, 7) is 3.34. The van der Waals surface area contributed by atoms with Gasteiger partial charge in [-0.1, -0.05) is 12.1 Å². The number of aromatic nitrogens is 1. The first kappa shape index (κ1) is 19.6. The summed E-state index contributed by atoms with van der Waals surface area (Å²) in [4.78, 5) is 30.8. The number of hydrogen-bond donors (Lipinski definition) is 1. The van der Waals surface area contributed by atoms with E-state index in [2.05, 4.69) is 10.3 Å². The maximum Gasteiger partial charge on any atom is 0.253 e. The lowest BCUT2D eigenvalue weighted by Gasteiger charge is -2.20. The number of amides is 2. The second-order valence-corrected chi connectivity index (χ2v) is 7.23. The summed E-state index contributed by atoms with van der Waals surface area (Å²) >= 11 is 0. The SMILES string of the molecule is CCN(C)C(=O)c1cccc(CNC(=O)c2ccc3c(c2)OCc2cnccc2-3)c1. The fraction of sp³-hybridized carbons (Fsp3) is 0.208. The first-order chi connectivity index (χ1) is 14.6. The Morgan fingerprint density at radius 3 is 2.80 bits per heavy atom. The highest BCUT2D eigenvalue weighted by molar-refractivity contribution is 5.96. The first-order valence-corrected chi connectivity index (χ1v) is 9.89. The zero-order valence-corrected chi connectivity index (χ0v) is 17.0. The minimum Gasteiger partial charge on any atom is -0.488 e. The van der Waals surface area contributed by atoms with Crippen molar-refractivity contribution in [2.45, 2.75) is 20.1 Å². The monoisotopic (exact) mass is 401 g/mol. The molecule has 4 rings (SSSR count). The Bertz CT molecular complexity index is 1110. The highest BCUT2D eigenvalue weighted by atomic mass is 16.5. The predicted octanol–water partition coefficient (Wildman–Crippen LogP) is 3.66. The standard InChI is InChI=1S/C24H23N3O3/c1-3-27(2)24(29)18-6-4-5-16(11-18)13-26-23(28)17-7-8-21-20-9-10-25-14-19(20)15-30-22(21)12-17/h4-12,14H,3,13,15H2,1-2H3,(H,26,28). The minimum atomic E-state index is -0.190. The third-order valence-electron chi connectivity index (χ3n) is 5.27. The van der Waals surface area contributed by atoms with Gasteiger partial charge in [-0.05, 0) is 54.4 Å². The molecule has 1 aromatic heterocycles. The van der Waals surface area contributed by atoms with Gasteiger partial charge in [-0.2, -0.15) is 0 Å². The summed E-state index contributed by atoms with van der Waals surface area (Å²) in [6, 6.07) is 14.8. The van der Waals surface area contributed by atoms with Gasteiger partial charge in [-0.25, -0.2) is 0 Å². The molecule has 0 unspecified atom stereocenters. The topological polar surface area (TPSA) is 71.5 Å². The second-order valence-electron chi connectivity index (χ2n) is 7.23. The fourth-order valence-electron chi connectivity index (χ4n) is 3.43. The molecule has 1 aliphatic rings. The van der Waals surface area contributed by atoms with Gasteiger partial charge in [0.1, 0.15) is 12.4 Å². The smallest absolute Gasteiger partial charge is 0.253 e. The van der Waals surface area contributed by atoms with Gasteiger partial charge >= 0.3 is 0 Å². The van der Waals surface area contributed by atoms with Gasteiger partial charge in [0.15, 0.2) is 0 Å². The molecule has 0 bridgehead atoms. The van der Waals surface area contributed by atoms with Crippen LogP contribution in [0.2, 0.25) is 0 Å². The van der Waals surface area contributed by atoms with Gasteiger partial charge in [0.05, 0.1) is 0 Å². The highest BCUT2D eigenvalue weighted by Gasteiger charge is 2.19. The number of carbonyl (C=O) groups is 2. The molecule has 2 heterocycles. The molecule has 0 atom stereocenters. The zero-order valence-electron chi connectivity index (χ0n) is 17.0. The van der Waals surface area contributed by atoms with Crippen molar-refractivity contribution in [1.82, 2.24) is 15.2 Å². The molecule has 1 N–H and O–H groups in total. The molecule has 0 saturated carbocycles. The lowest BCUT2D eigenvalue weighted by Crippen LogP contribution is -2.26. The zero-order chi connectivity index (χ0) is 21.1. The number of rotatable bonds is 5. The third-order valence-corrected chi connectivity index (χ3v) is 5.27. The molecule has 2 aromatic carbocycles. The maximum atomic E-state index is 12.7. The molecule has 152 valence electrons. The van der Waals surface area contributed by atoms with Crippen LogP contribution < -0.4 is 10.1 Å². The minimum absolute atomic E-state index is 0.0343. The Balaban J connectivity index is 1.46. The van der Waals surface area contributed by atoms with Crippen LogP contribution in [0.1, 0.15) is 38.8 Å². The normalized spacial score (nSPS) is 11.7. The van der Waals surface area contributed by atoms with E-state index in [1.807, 2.05) is 37.3 Å². The van der Waals surface area contributed by atoms with Crippen molar-refractivity contribution in [3.63, 3.8) is 0 Å². The van der Waals surface area contributed by atoms with E-state index >= 15 is 0 Å². The third kappa shape index (κ3) is 3.89. The van der Waals surface area contributed by atoms with Gasteiger partial charge in [-0.3, -0.25) is 14.6 Å². The van der Waals surface area contributed by atoms with Crippen molar-refractivity contribution in [2.75, 3.05) is 13.6 Å². The van der Waals surface area contributed by atoms with Crippen molar-refractivity contribution < 1.29 is 14.3 Å². The van der Waals surface area contributed by atoms with E-state index in [9.17, 15) is 9.59 Å². The van der Waals surface area contributed by atoms with Crippen LogP contribution in [0.5, 0.6) is 5.75 Å². The van der Waals surface area contributed by atoms with Crippen molar-refractivity contribution in [3.05, 3.63) is 83.2 Å². The van der Waals surface area contributed by atoms with Gasteiger partial charge in [0, 0.05) is 54.8 Å². The van der Waals surface area contributed by atoms with Crippen molar-refractivity contribution >= 4 is 11.8 Å². The molecule has 1 aliphatic heterocycles. The van der Waals surface area contributed by atoms with Crippen LogP contribution in [0, 0.1) is 0 Å². The lowest BCUT2D eigenvalue weighted by molar-refractivity contribution is 0.0802. The number of nitrogens with one attached hydrogen (secondary N) is 1. The Hall–Kier alpha value is -3.67. The summed E-state index contributed by atoms with van der Waals surface area (Å²) in [6.07, 6.45) is 3.56. The number of ether oxygens (including phenoxy) is 1. The fourth-order valence-corrected chi connectivity index (χ4v) is 3.43. The summed E-state index contributed by atoms with van der Waals surface area (Å²) in [5.74, 6) is 0.467. The molecule has 0 fully saturated rings. The molecular formula is C24H23N3O3. The molecule has 6 nitrogen and oxygen atoms in total. The van der Waals surface area contributed by atoms with E-state index in [1.54, 1.807) is 42.5 Å². The van der Waals surface area contributed by atoms with E-state index < -0.39 is 0 Å². The number of fused-ring (bicyclic) bond motifs is 3. The number of nitrogens with zero attached hydrogens (tertiary/aromatic N) is 2. The Kier molecular flexibility index (Phi) is 5.48. The largest absolute Gasteiger partial charge is 0.488 e. The number of benzene rings is 2. The van der Waals surface area contributed by atoms with Gasteiger partial charge in [-0.15, -0.1) is 0 Å². The van der Waals surface area contributed by atoms with Crippen molar-refractivity contribution in [2.24, 2.45) is 0 Å². The number of carbonyl (C=O) groups excluding carboxylic acids is 2. The average Bonchev–Trinajstić information content (AvgIpc) is 2.81. The number of pyridine rings is 1. The molecule has 0 saturated heterocycles. The van der Waals surface area contributed by atoms with E-state index in [0.29, 0.717) is 36.6 Å². The second kappa shape index (κ2) is 8.37. The van der Waals surface area contributed by atoms with Crippen molar-refractivity contribution in [3.8, 4) is 16.9 Å². The Labute approximate surface area is 175 Å². The number of hydrogen-bond acceptors (Lipinski definition) is 4. The summed E-state index contributed by atoms with van der Waals surface area (Å²) < 4.78 is 5.82. The molecule has 6 heteroatoms. The van der Waals surface area contributed by atoms with Crippen LogP contribution in [-0.2, 0) is 13.2 Å². The highest BCUT2D eigenvalue weighted by Crippen LogP contribution is 2.37. The van der Waals surface area contributed by atoms with Crippen LogP contribution in [-0.4, -0.2) is 35.3 Å². The van der Waals surface area contributed by atoms with E-state index in [-0.39, 0.29) is 11.8 Å². The Morgan fingerprint density at radius 2 is 1.97 bits per heavy atom.